The molecule has 2 unspecified atom stereocenters. The van der Waals surface area contributed by atoms with Crippen molar-refractivity contribution in [3.05, 3.63) is 33.4 Å². The quantitative estimate of drug-likeness (QED) is 0.692. The molecule has 126 valence electrons. The fourth-order valence-corrected chi connectivity index (χ4v) is 6.21. The fourth-order valence-electron chi connectivity index (χ4n) is 5.31. The van der Waals surface area contributed by atoms with Crippen molar-refractivity contribution in [2.24, 2.45) is 5.92 Å². The van der Waals surface area contributed by atoms with Gasteiger partial charge in [0.1, 0.15) is 0 Å². The van der Waals surface area contributed by atoms with Crippen molar-refractivity contribution >= 4 is 28.7 Å². The maximum Gasteiger partial charge on any atom is 0.405 e. The van der Waals surface area contributed by atoms with Crippen LogP contribution in [0.15, 0.2) is 24.3 Å². The van der Waals surface area contributed by atoms with Crippen molar-refractivity contribution in [2.45, 2.75) is 56.1 Å². The minimum absolute atomic E-state index is 0.111. The third-order valence-electron chi connectivity index (χ3n) is 6.01. The number of halogens is 1. The lowest BCUT2D eigenvalue weighted by atomic mass is 9.62. The van der Waals surface area contributed by atoms with Gasteiger partial charge in [-0.3, -0.25) is 0 Å². The van der Waals surface area contributed by atoms with Crippen molar-refractivity contribution in [3.8, 4) is 0 Å². The summed E-state index contributed by atoms with van der Waals surface area (Å²) in [4.78, 5) is 11.7. The summed E-state index contributed by atoms with van der Waals surface area (Å²) in [7, 11) is 1.70. The summed E-state index contributed by atoms with van der Waals surface area (Å²) in [5.74, 6) is 0.571. The van der Waals surface area contributed by atoms with Gasteiger partial charge < -0.3 is 15.2 Å². The largest absolute Gasteiger partial charge is 0.465 e. The van der Waals surface area contributed by atoms with E-state index in [4.69, 9.17) is 4.74 Å². The molecule has 3 rings (SSSR count). The Balaban J connectivity index is 2.18. The predicted octanol–water partition coefficient (Wildman–Crippen LogP) is 4.16. The Morgan fingerprint density at radius 1 is 1.48 bits per heavy atom. The van der Waals surface area contributed by atoms with Gasteiger partial charge >= 0.3 is 6.09 Å². The summed E-state index contributed by atoms with van der Waals surface area (Å²) >= 11 is 2.38. The number of benzene rings is 1. The van der Waals surface area contributed by atoms with Gasteiger partial charge in [0.05, 0.1) is 11.6 Å². The number of hydrogen-bond acceptors (Lipinski definition) is 2. The Hall–Kier alpha value is -0.820. The van der Waals surface area contributed by atoms with Gasteiger partial charge in [-0.25, -0.2) is 4.79 Å². The van der Waals surface area contributed by atoms with Crippen molar-refractivity contribution in [3.63, 3.8) is 0 Å². The molecule has 23 heavy (non-hydrogen) atoms. The summed E-state index contributed by atoms with van der Waals surface area (Å²) in [6, 6.07) is 8.41. The minimum atomic E-state index is -0.946. The van der Waals surface area contributed by atoms with Gasteiger partial charge in [-0.2, -0.15) is 0 Å². The molecule has 2 N–H and O–H groups in total. The van der Waals surface area contributed by atoms with E-state index in [2.05, 4.69) is 53.0 Å². The molecule has 4 nitrogen and oxygen atoms in total. The molecule has 1 aromatic carbocycles. The number of ether oxygens (including phenoxy) is 1. The maximum atomic E-state index is 11.7. The maximum absolute atomic E-state index is 11.7. The second-order valence-electron chi connectivity index (χ2n) is 6.91. The molecule has 2 aliphatic rings. The normalized spacial score (nSPS) is 33.6. The molecule has 0 aromatic heterocycles. The smallest absolute Gasteiger partial charge is 0.405 e. The topological polar surface area (TPSA) is 58.6 Å². The van der Waals surface area contributed by atoms with E-state index in [1.807, 2.05) is 6.07 Å². The zero-order chi connectivity index (χ0) is 16.7. The molecule has 4 atom stereocenters. The van der Waals surface area contributed by atoms with Crippen LogP contribution < -0.4 is 5.32 Å². The molecule has 0 spiro atoms. The zero-order valence-corrected chi connectivity index (χ0v) is 15.8. The van der Waals surface area contributed by atoms with Crippen LogP contribution in [0.3, 0.4) is 0 Å². The van der Waals surface area contributed by atoms with Crippen LogP contribution >= 0.6 is 22.6 Å². The summed E-state index contributed by atoms with van der Waals surface area (Å²) < 4.78 is 7.02. The first-order valence-corrected chi connectivity index (χ1v) is 9.36. The monoisotopic (exact) mass is 429 g/mol. The molecule has 5 heteroatoms. The molecule has 0 heterocycles. The van der Waals surface area contributed by atoms with Gasteiger partial charge in [0.15, 0.2) is 0 Å². The van der Waals surface area contributed by atoms with Crippen molar-refractivity contribution in [2.75, 3.05) is 7.11 Å². The molecule has 2 fully saturated rings. The van der Waals surface area contributed by atoms with E-state index in [0.717, 1.165) is 25.7 Å². The molecule has 0 aliphatic heterocycles. The molecule has 2 bridgehead atoms. The van der Waals surface area contributed by atoms with E-state index < -0.39 is 11.6 Å². The first kappa shape index (κ1) is 17.0. The van der Waals surface area contributed by atoms with Gasteiger partial charge in [-0.05, 0) is 72.2 Å². The third-order valence-corrected chi connectivity index (χ3v) is 6.95. The number of fused-ring (bicyclic) bond motifs is 2. The van der Waals surface area contributed by atoms with Gasteiger partial charge in [0, 0.05) is 16.1 Å². The highest BCUT2D eigenvalue weighted by Crippen LogP contribution is 2.63. The first-order chi connectivity index (χ1) is 11.0. The second kappa shape index (κ2) is 6.24. The van der Waals surface area contributed by atoms with E-state index in [-0.39, 0.29) is 11.5 Å². The summed E-state index contributed by atoms with van der Waals surface area (Å²) in [5.41, 5.74) is 0.585. The fraction of sp³-hybridized carbons (Fsp3) is 0.611. The molecule has 1 amide bonds. The Bertz CT molecular complexity index is 604. The predicted molar refractivity (Wildman–Crippen MR) is 97.8 cm³/mol. The highest BCUT2D eigenvalue weighted by molar-refractivity contribution is 14.1. The molecule has 1 aromatic rings. The zero-order valence-electron chi connectivity index (χ0n) is 13.6. The Labute approximate surface area is 151 Å². The SMILES string of the molecule is CCC(OC)[C@]1(NC(=O)O)CC2CC[C@@]1(c1ccccc1I)C2. The van der Waals surface area contributed by atoms with Gasteiger partial charge in [0.2, 0.25) is 0 Å². The third kappa shape index (κ3) is 2.47. The van der Waals surface area contributed by atoms with Crippen LogP contribution in [0.25, 0.3) is 0 Å². The number of rotatable bonds is 5. The van der Waals surface area contributed by atoms with E-state index in [1.165, 1.54) is 15.6 Å². The van der Waals surface area contributed by atoms with Crippen LogP contribution in [0.1, 0.15) is 44.6 Å². The molecular formula is C18H24INO3. The van der Waals surface area contributed by atoms with Crippen LogP contribution in [-0.2, 0) is 10.2 Å². The minimum Gasteiger partial charge on any atom is -0.465 e. The number of hydrogen-bond donors (Lipinski definition) is 2. The van der Waals surface area contributed by atoms with Crippen LogP contribution in [-0.4, -0.2) is 30.0 Å². The van der Waals surface area contributed by atoms with Crippen molar-refractivity contribution in [1.29, 1.82) is 0 Å². The highest BCUT2D eigenvalue weighted by Gasteiger charge is 2.66. The van der Waals surface area contributed by atoms with Gasteiger partial charge in [-0.15, -0.1) is 0 Å². The summed E-state index contributed by atoms with van der Waals surface area (Å²) in [6.45, 7) is 2.08. The van der Waals surface area contributed by atoms with Gasteiger partial charge in [0.25, 0.3) is 0 Å². The molecular weight excluding hydrogens is 405 g/mol. The van der Waals surface area contributed by atoms with Gasteiger partial charge in [-0.1, -0.05) is 25.1 Å². The molecule has 2 saturated carbocycles. The Morgan fingerprint density at radius 3 is 2.78 bits per heavy atom. The number of nitrogens with one attached hydrogen (secondary N) is 1. The van der Waals surface area contributed by atoms with Crippen LogP contribution in [0.5, 0.6) is 0 Å². The lowest BCUT2D eigenvalue weighted by molar-refractivity contribution is -0.0235. The average Bonchev–Trinajstić information content (AvgIpc) is 3.05. The second-order valence-corrected chi connectivity index (χ2v) is 8.07. The number of carboxylic acid groups (broad SMARTS) is 1. The van der Waals surface area contributed by atoms with E-state index in [1.54, 1.807) is 7.11 Å². The van der Waals surface area contributed by atoms with Crippen LogP contribution in [0.2, 0.25) is 0 Å². The van der Waals surface area contributed by atoms with E-state index in [9.17, 15) is 9.90 Å². The number of carbonyl (C=O) groups is 1. The van der Waals surface area contributed by atoms with E-state index in [0.29, 0.717) is 5.92 Å². The Morgan fingerprint density at radius 2 is 2.22 bits per heavy atom. The Kier molecular flexibility index (Phi) is 4.62. The first-order valence-electron chi connectivity index (χ1n) is 8.28. The number of amides is 1. The van der Waals surface area contributed by atoms with E-state index >= 15 is 0 Å². The lowest BCUT2D eigenvalue weighted by Gasteiger charge is -2.51. The summed E-state index contributed by atoms with van der Waals surface area (Å²) in [6.07, 6.45) is 3.86. The highest BCUT2D eigenvalue weighted by atomic mass is 127. The standard InChI is InChI=1S/C18H24INO3/c1-3-15(23-2)18(20-16(21)22)11-12-8-9-17(18,10-12)13-6-4-5-7-14(13)19/h4-7,12,15,20H,3,8-11H2,1-2H3,(H,21,22)/t12?,15?,17-,18+/m0/s1. The molecule has 2 aliphatic carbocycles. The number of methoxy groups -OCH3 is 1. The van der Waals surface area contributed by atoms with Crippen LogP contribution in [0.4, 0.5) is 4.79 Å². The average molecular weight is 429 g/mol. The lowest BCUT2D eigenvalue weighted by Crippen LogP contribution is -2.66. The molecule has 0 radical (unpaired) electrons. The van der Waals surface area contributed by atoms with Crippen molar-refractivity contribution < 1.29 is 14.6 Å². The molecule has 0 saturated heterocycles. The summed E-state index contributed by atoms with van der Waals surface area (Å²) in [5, 5.41) is 12.5. The van der Waals surface area contributed by atoms with Crippen molar-refractivity contribution in [1.82, 2.24) is 5.32 Å². The van der Waals surface area contributed by atoms with Crippen LogP contribution in [0, 0.1) is 9.49 Å².